The smallest absolute Gasteiger partial charge is 0.303 e. The van der Waals surface area contributed by atoms with Gasteiger partial charge in [0, 0.05) is 44.4 Å². The molecule has 0 spiro atoms. The second-order valence-corrected chi connectivity index (χ2v) is 6.73. The highest BCUT2D eigenvalue weighted by molar-refractivity contribution is 5.82. The van der Waals surface area contributed by atoms with Crippen LogP contribution in [0.25, 0.3) is 0 Å². The molecular formula is C16H27N5O4. The summed E-state index contributed by atoms with van der Waals surface area (Å²) in [7, 11) is 0. The van der Waals surface area contributed by atoms with Crippen molar-refractivity contribution in [2.75, 3.05) is 19.6 Å². The number of hydrogen-bond acceptors (Lipinski definition) is 4. The molecule has 0 aromatic rings. The topological polar surface area (TPSA) is 151 Å². The summed E-state index contributed by atoms with van der Waals surface area (Å²) in [6.07, 6.45) is 2.81. The highest BCUT2D eigenvalue weighted by Gasteiger charge is 2.45. The number of aliphatic carboxylic acids is 1. The van der Waals surface area contributed by atoms with E-state index >= 15 is 0 Å². The van der Waals surface area contributed by atoms with Gasteiger partial charge < -0.3 is 26.8 Å². The van der Waals surface area contributed by atoms with E-state index < -0.39 is 5.97 Å². The Morgan fingerprint density at radius 2 is 2.12 bits per heavy atom. The van der Waals surface area contributed by atoms with Crippen LogP contribution in [0.2, 0.25) is 0 Å². The molecule has 25 heavy (non-hydrogen) atoms. The Morgan fingerprint density at radius 1 is 1.36 bits per heavy atom. The van der Waals surface area contributed by atoms with Gasteiger partial charge in [-0.05, 0) is 31.6 Å². The van der Waals surface area contributed by atoms with Crippen LogP contribution in [0.1, 0.15) is 38.5 Å². The lowest BCUT2D eigenvalue weighted by Crippen LogP contribution is -2.58. The van der Waals surface area contributed by atoms with Gasteiger partial charge in [0.15, 0.2) is 5.96 Å². The summed E-state index contributed by atoms with van der Waals surface area (Å²) in [6, 6.07) is -0.00765. The Balaban J connectivity index is 1.82. The van der Waals surface area contributed by atoms with Crippen LogP contribution in [0.4, 0.5) is 0 Å². The first-order chi connectivity index (χ1) is 11.9. The minimum atomic E-state index is -0.825. The first-order valence-electron chi connectivity index (χ1n) is 8.73. The van der Waals surface area contributed by atoms with Crippen LogP contribution in [-0.2, 0) is 14.4 Å². The largest absolute Gasteiger partial charge is 0.481 e. The molecule has 2 aliphatic heterocycles. The number of nitrogens with one attached hydrogen (secondary N) is 1. The lowest BCUT2D eigenvalue weighted by Gasteiger charge is -2.48. The zero-order valence-electron chi connectivity index (χ0n) is 14.3. The summed E-state index contributed by atoms with van der Waals surface area (Å²) < 4.78 is 0. The molecule has 9 nitrogen and oxygen atoms in total. The maximum atomic E-state index is 12.4. The third-order valence-electron chi connectivity index (χ3n) is 4.96. The first-order valence-corrected chi connectivity index (χ1v) is 8.73. The van der Waals surface area contributed by atoms with Gasteiger partial charge in [0.05, 0.1) is 0 Å². The summed E-state index contributed by atoms with van der Waals surface area (Å²) in [5.41, 5.74) is 10.5. The second-order valence-electron chi connectivity index (χ2n) is 6.73. The molecule has 9 heteroatoms. The molecule has 0 aromatic heterocycles. The number of guanidine groups is 1. The van der Waals surface area contributed by atoms with E-state index in [0.29, 0.717) is 51.7 Å². The van der Waals surface area contributed by atoms with Gasteiger partial charge in [-0.25, -0.2) is 0 Å². The van der Waals surface area contributed by atoms with Crippen LogP contribution < -0.4 is 16.8 Å². The van der Waals surface area contributed by atoms with Crippen LogP contribution in [0.3, 0.4) is 0 Å². The van der Waals surface area contributed by atoms with E-state index in [1.54, 1.807) is 4.90 Å². The Kier molecular flexibility index (Phi) is 6.60. The SMILES string of the molecule is NC(N)=NCCCNC(=O)[C@H]1CCC(=O)N2C[C@H](CCC(=O)O)[C@H]2C1. The van der Waals surface area contributed by atoms with Gasteiger partial charge in [-0.2, -0.15) is 0 Å². The predicted octanol–water partition coefficient (Wildman–Crippen LogP) is -0.742. The van der Waals surface area contributed by atoms with Crippen LogP contribution in [0.5, 0.6) is 0 Å². The number of carboxylic acids is 1. The summed E-state index contributed by atoms with van der Waals surface area (Å²) in [5, 5.41) is 11.7. The van der Waals surface area contributed by atoms with E-state index in [1.165, 1.54) is 0 Å². The van der Waals surface area contributed by atoms with Crippen LogP contribution >= 0.6 is 0 Å². The monoisotopic (exact) mass is 353 g/mol. The Labute approximate surface area is 146 Å². The molecule has 140 valence electrons. The van der Waals surface area contributed by atoms with Crippen molar-refractivity contribution < 1.29 is 19.5 Å². The van der Waals surface area contributed by atoms with Crippen LogP contribution in [0, 0.1) is 11.8 Å². The van der Waals surface area contributed by atoms with Crippen LogP contribution in [0.15, 0.2) is 4.99 Å². The average Bonchev–Trinajstić information content (AvgIpc) is 2.64. The number of nitrogens with two attached hydrogens (primary N) is 2. The molecular weight excluding hydrogens is 326 g/mol. The molecule has 2 heterocycles. The molecule has 0 unspecified atom stereocenters. The quantitative estimate of drug-likeness (QED) is 0.256. The fraction of sp³-hybridized carbons (Fsp3) is 0.750. The molecule has 0 aliphatic carbocycles. The van der Waals surface area contributed by atoms with Gasteiger partial charge in [0.25, 0.3) is 0 Å². The minimum Gasteiger partial charge on any atom is -0.481 e. The van der Waals surface area contributed by atoms with Gasteiger partial charge in [0.1, 0.15) is 0 Å². The normalized spacial score (nSPS) is 25.4. The van der Waals surface area contributed by atoms with E-state index in [9.17, 15) is 14.4 Å². The van der Waals surface area contributed by atoms with E-state index in [2.05, 4.69) is 10.3 Å². The molecule has 2 fully saturated rings. The number of rotatable bonds is 8. The van der Waals surface area contributed by atoms with E-state index in [0.717, 1.165) is 0 Å². The van der Waals surface area contributed by atoms with E-state index in [1.807, 2.05) is 0 Å². The Bertz CT molecular complexity index is 547. The highest BCUT2D eigenvalue weighted by atomic mass is 16.4. The third kappa shape index (κ3) is 5.33. The Morgan fingerprint density at radius 3 is 2.80 bits per heavy atom. The molecule has 2 saturated heterocycles. The van der Waals surface area contributed by atoms with Crippen molar-refractivity contribution in [2.45, 2.75) is 44.6 Å². The Hall–Kier alpha value is -2.32. The number of fused-ring (bicyclic) bond motifs is 1. The lowest BCUT2D eigenvalue weighted by atomic mass is 9.80. The second kappa shape index (κ2) is 8.68. The summed E-state index contributed by atoms with van der Waals surface area (Å²) >= 11 is 0. The average molecular weight is 353 g/mol. The fourth-order valence-corrected chi connectivity index (χ4v) is 3.56. The fourth-order valence-electron chi connectivity index (χ4n) is 3.56. The van der Waals surface area contributed by atoms with Crippen molar-refractivity contribution >= 4 is 23.7 Å². The molecule has 0 radical (unpaired) electrons. The lowest BCUT2D eigenvalue weighted by molar-refractivity contribution is -0.144. The van der Waals surface area contributed by atoms with Gasteiger partial charge in [0.2, 0.25) is 11.8 Å². The molecule has 2 aliphatic rings. The number of carbonyl (C=O) groups excluding carboxylic acids is 2. The maximum absolute atomic E-state index is 12.4. The van der Waals surface area contributed by atoms with Crippen molar-refractivity contribution in [2.24, 2.45) is 28.3 Å². The zero-order chi connectivity index (χ0) is 18.4. The molecule has 0 aromatic carbocycles. The van der Waals surface area contributed by atoms with Crippen molar-refractivity contribution in [1.82, 2.24) is 10.2 Å². The summed E-state index contributed by atoms with van der Waals surface area (Å²) in [4.78, 5) is 40.9. The zero-order valence-corrected chi connectivity index (χ0v) is 14.3. The van der Waals surface area contributed by atoms with Crippen LogP contribution in [-0.4, -0.2) is 59.4 Å². The number of carboxylic acid groups (broad SMARTS) is 1. The van der Waals surface area contributed by atoms with Crippen molar-refractivity contribution in [1.29, 1.82) is 0 Å². The molecule has 3 atom stereocenters. The predicted molar refractivity (Wildman–Crippen MR) is 91.5 cm³/mol. The van der Waals surface area contributed by atoms with Gasteiger partial charge in [-0.1, -0.05) is 0 Å². The number of carbonyl (C=O) groups is 3. The number of amides is 2. The van der Waals surface area contributed by atoms with Gasteiger partial charge in [-0.3, -0.25) is 19.4 Å². The van der Waals surface area contributed by atoms with Gasteiger partial charge >= 0.3 is 5.97 Å². The standard InChI is InChI=1S/C16H27N5O4/c17-16(18)20-7-1-6-19-15(25)10-2-4-13(22)21-9-11(12(21)8-10)3-5-14(23)24/h10-12H,1-9H2,(H,19,25)(H,23,24)(H4,17,18,20)/t10-,11-,12+/m0/s1. The summed E-state index contributed by atoms with van der Waals surface area (Å²) in [5.74, 6) is -0.813. The van der Waals surface area contributed by atoms with Crippen molar-refractivity contribution in [3.63, 3.8) is 0 Å². The molecule has 6 N–H and O–H groups in total. The van der Waals surface area contributed by atoms with Crippen molar-refractivity contribution in [3.05, 3.63) is 0 Å². The summed E-state index contributed by atoms with van der Waals surface area (Å²) in [6.45, 7) is 1.56. The minimum absolute atomic E-state index is 0.00765. The molecule has 0 bridgehead atoms. The maximum Gasteiger partial charge on any atom is 0.303 e. The number of aliphatic imine (C=N–C) groups is 1. The van der Waals surface area contributed by atoms with E-state index in [-0.39, 0.29) is 42.1 Å². The highest BCUT2D eigenvalue weighted by Crippen LogP contribution is 2.37. The first kappa shape index (κ1) is 19.0. The molecule has 2 amide bonds. The third-order valence-corrected chi connectivity index (χ3v) is 4.96. The van der Waals surface area contributed by atoms with E-state index in [4.69, 9.17) is 16.6 Å². The molecule has 0 saturated carbocycles. The number of hydrogen-bond donors (Lipinski definition) is 4. The van der Waals surface area contributed by atoms with Crippen molar-refractivity contribution in [3.8, 4) is 0 Å². The van der Waals surface area contributed by atoms with Gasteiger partial charge in [-0.15, -0.1) is 0 Å². The number of nitrogens with zero attached hydrogens (tertiary/aromatic N) is 2. The molecule has 2 rings (SSSR count).